The van der Waals surface area contributed by atoms with Crippen LogP contribution in [0.1, 0.15) is 22.3 Å². The predicted octanol–water partition coefficient (Wildman–Crippen LogP) is 5.03. The maximum Gasteiger partial charge on any atom is 0.282 e. The third-order valence-corrected chi connectivity index (χ3v) is 5.48. The van der Waals surface area contributed by atoms with Gasteiger partial charge in [-0.25, -0.2) is 4.90 Å². The molecule has 0 N–H and O–H groups in total. The number of amides is 2. The van der Waals surface area contributed by atoms with Crippen molar-refractivity contribution in [2.45, 2.75) is 20.8 Å². The molecule has 4 rings (SSSR count). The molecule has 0 spiro atoms. The van der Waals surface area contributed by atoms with Crippen molar-refractivity contribution >= 4 is 28.8 Å². The first-order valence-electron chi connectivity index (χ1n) is 9.94. The first-order chi connectivity index (χ1) is 14.4. The molecule has 0 radical (unpaired) electrons. The van der Waals surface area contributed by atoms with E-state index in [0.29, 0.717) is 17.0 Å². The molecule has 1 heterocycles. The van der Waals surface area contributed by atoms with Crippen LogP contribution in [0, 0.1) is 20.8 Å². The summed E-state index contributed by atoms with van der Waals surface area (Å²) in [6.07, 6.45) is 0. The van der Waals surface area contributed by atoms with E-state index in [9.17, 15) is 9.59 Å². The molecule has 30 heavy (non-hydrogen) atoms. The predicted molar refractivity (Wildman–Crippen MR) is 121 cm³/mol. The van der Waals surface area contributed by atoms with Crippen LogP contribution in [0.25, 0.3) is 5.57 Å². The standard InChI is InChI=1S/C26H24N2O2/c1-17-10-13-21(14-11-17)28-25(29)23(22-15-12-18(2)16-19(22)3)24(26(28)30)27(4)20-8-6-5-7-9-20/h5-16H,1-4H3. The van der Waals surface area contributed by atoms with E-state index in [2.05, 4.69) is 0 Å². The molecule has 2 amide bonds. The van der Waals surface area contributed by atoms with Crippen LogP contribution in [0.15, 0.2) is 78.5 Å². The summed E-state index contributed by atoms with van der Waals surface area (Å²) in [5.41, 5.74) is 6.19. The molecule has 0 aliphatic carbocycles. The fourth-order valence-corrected chi connectivity index (χ4v) is 3.88. The Balaban J connectivity index is 1.91. The number of rotatable bonds is 4. The van der Waals surface area contributed by atoms with Crippen molar-refractivity contribution in [1.29, 1.82) is 0 Å². The van der Waals surface area contributed by atoms with E-state index in [0.717, 1.165) is 27.9 Å². The number of likely N-dealkylation sites (N-methyl/N-ethyl adjacent to an activating group) is 1. The van der Waals surface area contributed by atoms with E-state index in [-0.39, 0.29) is 11.8 Å². The Morgan fingerprint density at radius 2 is 1.37 bits per heavy atom. The second kappa shape index (κ2) is 7.64. The zero-order valence-electron chi connectivity index (χ0n) is 17.6. The van der Waals surface area contributed by atoms with Gasteiger partial charge in [-0.2, -0.15) is 0 Å². The highest BCUT2D eigenvalue weighted by atomic mass is 16.2. The van der Waals surface area contributed by atoms with Crippen LogP contribution < -0.4 is 9.80 Å². The van der Waals surface area contributed by atoms with Crippen molar-refractivity contribution < 1.29 is 9.59 Å². The number of imide groups is 1. The number of para-hydroxylation sites is 1. The summed E-state index contributed by atoms with van der Waals surface area (Å²) in [6.45, 7) is 5.97. The van der Waals surface area contributed by atoms with E-state index in [1.54, 1.807) is 0 Å². The van der Waals surface area contributed by atoms with Gasteiger partial charge in [-0.1, -0.05) is 59.7 Å². The molecule has 4 nitrogen and oxygen atoms in total. The molecule has 3 aromatic rings. The summed E-state index contributed by atoms with van der Waals surface area (Å²) in [5, 5.41) is 0. The Bertz CT molecular complexity index is 1160. The molecule has 150 valence electrons. The van der Waals surface area contributed by atoms with Crippen LogP contribution in [-0.4, -0.2) is 18.9 Å². The average molecular weight is 396 g/mol. The smallest absolute Gasteiger partial charge is 0.282 e. The van der Waals surface area contributed by atoms with Crippen LogP contribution in [0.3, 0.4) is 0 Å². The molecule has 0 unspecified atom stereocenters. The van der Waals surface area contributed by atoms with Crippen LogP contribution in [0.2, 0.25) is 0 Å². The highest BCUT2D eigenvalue weighted by molar-refractivity contribution is 6.46. The quantitative estimate of drug-likeness (QED) is 0.581. The van der Waals surface area contributed by atoms with Gasteiger partial charge in [0.05, 0.1) is 11.3 Å². The first kappa shape index (κ1) is 19.6. The Morgan fingerprint density at radius 1 is 0.733 bits per heavy atom. The summed E-state index contributed by atoms with van der Waals surface area (Å²) in [5.74, 6) is -0.612. The van der Waals surface area contributed by atoms with Crippen molar-refractivity contribution in [3.05, 3.63) is 101 Å². The minimum atomic E-state index is -0.315. The second-order valence-corrected chi connectivity index (χ2v) is 7.72. The normalized spacial score (nSPS) is 13.9. The van der Waals surface area contributed by atoms with Gasteiger partial charge < -0.3 is 4.90 Å². The Kier molecular flexibility index (Phi) is 5.00. The van der Waals surface area contributed by atoms with Crippen molar-refractivity contribution in [1.82, 2.24) is 0 Å². The topological polar surface area (TPSA) is 40.6 Å². The Morgan fingerprint density at radius 3 is 2.00 bits per heavy atom. The molecule has 1 aliphatic rings. The van der Waals surface area contributed by atoms with Gasteiger partial charge in [-0.05, 0) is 56.2 Å². The maximum atomic E-state index is 13.6. The van der Waals surface area contributed by atoms with E-state index in [4.69, 9.17) is 0 Å². The molecule has 0 bridgehead atoms. The molecule has 4 heteroatoms. The number of hydrogen-bond donors (Lipinski definition) is 0. The number of aryl methyl sites for hydroxylation is 3. The van der Waals surface area contributed by atoms with Gasteiger partial charge in [-0.15, -0.1) is 0 Å². The molecule has 0 saturated carbocycles. The zero-order valence-corrected chi connectivity index (χ0v) is 17.6. The number of carbonyl (C=O) groups is 2. The number of carbonyl (C=O) groups excluding carboxylic acids is 2. The summed E-state index contributed by atoms with van der Waals surface area (Å²) in [4.78, 5) is 30.3. The first-order valence-corrected chi connectivity index (χ1v) is 9.94. The number of nitrogens with zero attached hydrogens (tertiary/aromatic N) is 2. The van der Waals surface area contributed by atoms with Gasteiger partial charge in [0.25, 0.3) is 11.8 Å². The lowest BCUT2D eigenvalue weighted by atomic mass is 9.97. The van der Waals surface area contributed by atoms with Crippen molar-refractivity contribution in [2.75, 3.05) is 16.8 Å². The molecule has 1 aliphatic heterocycles. The van der Waals surface area contributed by atoms with Crippen LogP contribution in [-0.2, 0) is 9.59 Å². The van der Waals surface area contributed by atoms with E-state index >= 15 is 0 Å². The van der Waals surface area contributed by atoms with Gasteiger partial charge in [0.1, 0.15) is 5.70 Å². The van der Waals surface area contributed by atoms with Crippen LogP contribution in [0.5, 0.6) is 0 Å². The van der Waals surface area contributed by atoms with E-state index < -0.39 is 0 Å². The molecule has 0 aromatic heterocycles. The van der Waals surface area contributed by atoms with E-state index in [1.807, 2.05) is 106 Å². The van der Waals surface area contributed by atoms with Gasteiger partial charge >= 0.3 is 0 Å². The summed E-state index contributed by atoms with van der Waals surface area (Å²) < 4.78 is 0. The SMILES string of the molecule is Cc1ccc(N2C(=O)C(c3ccc(C)cc3C)=C(N(C)c3ccccc3)C2=O)cc1. The van der Waals surface area contributed by atoms with Gasteiger partial charge in [0.15, 0.2) is 0 Å². The van der Waals surface area contributed by atoms with E-state index in [1.165, 1.54) is 4.90 Å². The Hall–Kier alpha value is -3.66. The molecular weight excluding hydrogens is 372 g/mol. The minimum absolute atomic E-state index is 0.298. The van der Waals surface area contributed by atoms with Gasteiger partial charge in [0, 0.05) is 12.7 Å². The number of hydrogen-bond acceptors (Lipinski definition) is 3. The lowest BCUT2D eigenvalue weighted by Crippen LogP contribution is -2.34. The van der Waals surface area contributed by atoms with Gasteiger partial charge in [-0.3, -0.25) is 9.59 Å². The highest BCUT2D eigenvalue weighted by Gasteiger charge is 2.42. The highest BCUT2D eigenvalue weighted by Crippen LogP contribution is 2.37. The third-order valence-electron chi connectivity index (χ3n) is 5.48. The third kappa shape index (κ3) is 3.30. The summed E-state index contributed by atoms with van der Waals surface area (Å²) in [7, 11) is 1.83. The minimum Gasteiger partial charge on any atom is -0.339 e. The van der Waals surface area contributed by atoms with Crippen molar-refractivity contribution in [3.8, 4) is 0 Å². The van der Waals surface area contributed by atoms with Crippen LogP contribution >= 0.6 is 0 Å². The lowest BCUT2D eigenvalue weighted by Gasteiger charge is -2.21. The zero-order chi connectivity index (χ0) is 21.4. The summed E-state index contributed by atoms with van der Waals surface area (Å²) >= 11 is 0. The fourth-order valence-electron chi connectivity index (χ4n) is 3.88. The molecular formula is C26H24N2O2. The largest absolute Gasteiger partial charge is 0.339 e. The summed E-state index contributed by atoms with van der Waals surface area (Å²) in [6, 6.07) is 23.0. The molecule has 0 fully saturated rings. The lowest BCUT2D eigenvalue weighted by molar-refractivity contribution is -0.120. The maximum absolute atomic E-state index is 13.6. The number of benzene rings is 3. The molecule has 0 atom stereocenters. The Labute approximate surface area is 177 Å². The monoisotopic (exact) mass is 396 g/mol. The van der Waals surface area contributed by atoms with Crippen molar-refractivity contribution in [3.63, 3.8) is 0 Å². The number of anilines is 2. The average Bonchev–Trinajstić information content (AvgIpc) is 2.99. The fraction of sp³-hybridized carbons (Fsp3) is 0.154. The molecule has 3 aromatic carbocycles. The van der Waals surface area contributed by atoms with Gasteiger partial charge in [0.2, 0.25) is 0 Å². The second-order valence-electron chi connectivity index (χ2n) is 7.72. The van der Waals surface area contributed by atoms with Crippen LogP contribution in [0.4, 0.5) is 11.4 Å². The van der Waals surface area contributed by atoms with Crippen molar-refractivity contribution in [2.24, 2.45) is 0 Å². The molecule has 0 saturated heterocycles.